The number of aromatic nitrogens is 1. The van der Waals surface area contributed by atoms with Gasteiger partial charge in [0.15, 0.2) is 17.3 Å². The largest absolute Gasteiger partial charge is 0.440 e. The summed E-state index contributed by atoms with van der Waals surface area (Å²) in [7, 11) is 0. The minimum atomic E-state index is -0.592. The zero-order chi connectivity index (χ0) is 16.4. The molecule has 0 saturated carbocycles. The van der Waals surface area contributed by atoms with Gasteiger partial charge in [-0.3, -0.25) is 9.59 Å². The van der Waals surface area contributed by atoms with Gasteiger partial charge in [-0.1, -0.05) is 42.5 Å². The molecule has 5 heteroatoms. The van der Waals surface area contributed by atoms with E-state index < -0.39 is 11.6 Å². The number of hydrogen-bond acceptors (Lipinski definition) is 5. The van der Waals surface area contributed by atoms with Crippen LogP contribution in [0.4, 0.5) is 5.69 Å². The molecular formula is C18H14N2O3. The number of rotatable bonds is 0. The molecule has 5 nitrogen and oxygen atoms in total. The first-order valence-corrected chi connectivity index (χ1v) is 7.04. The van der Waals surface area contributed by atoms with Crippen LogP contribution < -0.4 is 5.73 Å². The number of carbonyl (C=O) groups excluding carboxylic acids is 2. The number of fused-ring (bicyclic) bond motifs is 3. The summed E-state index contributed by atoms with van der Waals surface area (Å²) >= 11 is 0. The Kier molecular flexibility index (Phi) is 3.76. The van der Waals surface area contributed by atoms with Crippen LogP contribution >= 0.6 is 0 Å². The quantitative estimate of drug-likeness (QED) is 0.508. The molecule has 1 aliphatic carbocycles. The molecule has 114 valence electrons. The zero-order valence-corrected chi connectivity index (χ0v) is 12.4. The summed E-state index contributed by atoms with van der Waals surface area (Å²) in [5.41, 5.74) is 7.33. The van der Waals surface area contributed by atoms with Crippen LogP contribution in [0, 0.1) is 6.92 Å². The monoisotopic (exact) mass is 306 g/mol. The van der Waals surface area contributed by atoms with Crippen molar-refractivity contribution in [2.24, 2.45) is 0 Å². The number of oxazole rings is 1. The zero-order valence-electron chi connectivity index (χ0n) is 12.4. The molecule has 2 aromatic carbocycles. The Labute approximate surface area is 132 Å². The number of nitrogen functional groups attached to an aromatic ring is 1. The normalized spacial score (nSPS) is 12.0. The van der Waals surface area contributed by atoms with Gasteiger partial charge >= 0.3 is 0 Å². The van der Waals surface area contributed by atoms with Crippen LogP contribution in [0.5, 0.6) is 0 Å². The van der Waals surface area contributed by atoms with E-state index in [-0.39, 0.29) is 5.69 Å². The molecule has 0 radical (unpaired) electrons. The fraction of sp³-hybridized carbons (Fsp3) is 0.0556. The van der Waals surface area contributed by atoms with Crippen LogP contribution in [0.1, 0.15) is 26.7 Å². The van der Waals surface area contributed by atoms with Crippen molar-refractivity contribution < 1.29 is 14.0 Å². The number of para-hydroxylation sites is 1. The highest BCUT2D eigenvalue weighted by atomic mass is 16.4. The standard InChI is InChI=1S/C12H7NO3.C6H7N/c1-6-13-9-11(15)10(14)7-4-2-3-5-8(7)12(9)16-6;7-6-4-2-1-3-5-6/h2-5H,1H3;1-5H,7H2. The second-order valence-corrected chi connectivity index (χ2v) is 5.03. The molecule has 0 bridgehead atoms. The van der Waals surface area contributed by atoms with E-state index in [1.54, 1.807) is 31.2 Å². The van der Waals surface area contributed by atoms with E-state index in [1.165, 1.54) is 0 Å². The van der Waals surface area contributed by atoms with Crippen LogP contribution in [0.15, 0.2) is 59.0 Å². The average molecular weight is 306 g/mol. The minimum absolute atomic E-state index is 0.126. The van der Waals surface area contributed by atoms with E-state index in [0.29, 0.717) is 22.8 Å². The average Bonchev–Trinajstić information content (AvgIpc) is 2.96. The van der Waals surface area contributed by atoms with Crippen molar-refractivity contribution in [2.75, 3.05) is 5.73 Å². The molecule has 0 unspecified atom stereocenters. The third-order valence-electron chi connectivity index (χ3n) is 3.37. The Morgan fingerprint density at radius 2 is 1.48 bits per heavy atom. The van der Waals surface area contributed by atoms with Crippen molar-refractivity contribution in [2.45, 2.75) is 6.92 Å². The van der Waals surface area contributed by atoms with E-state index in [1.807, 2.05) is 30.3 Å². The lowest BCUT2D eigenvalue weighted by Crippen LogP contribution is -2.20. The van der Waals surface area contributed by atoms with E-state index in [0.717, 1.165) is 5.69 Å². The van der Waals surface area contributed by atoms with Crippen LogP contribution in [0.2, 0.25) is 0 Å². The van der Waals surface area contributed by atoms with Gasteiger partial charge in [0, 0.05) is 23.7 Å². The molecule has 2 N–H and O–H groups in total. The van der Waals surface area contributed by atoms with Crippen molar-refractivity contribution >= 4 is 17.3 Å². The third kappa shape index (κ3) is 2.76. The first kappa shape index (κ1) is 14.7. The van der Waals surface area contributed by atoms with E-state index in [4.69, 9.17) is 10.2 Å². The number of benzene rings is 2. The van der Waals surface area contributed by atoms with Crippen molar-refractivity contribution in [1.82, 2.24) is 4.98 Å². The van der Waals surface area contributed by atoms with Gasteiger partial charge in [0.1, 0.15) is 0 Å². The Morgan fingerprint density at radius 1 is 0.870 bits per heavy atom. The van der Waals surface area contributed by atoms with E-state index in [2.05, 4.69) is 4.98 Å². The SMILES string of the molecule is Cc1nc2c(o1)-c1ccccc1C(=O)C2=O.Nc1ccccc1. The first-order valence-electron chi connectivity index (χ1n) is 7.04. The van der Waals surface area contributed by atoms with Crippen molar-refractivity contribution in [1.29, 1.82) is 0 Å². The highest BCUT2D eigenvalue weighted by Gasteiger charge is 2.34. The topological polar surface area (TPSA) is 86.2 Å². The number of anilines is 1. The second-order valence-electron chi connectivity index (χ2n) is 5.03. The molecule has 23 heavy (non-hydrogen) atoms. The van der Waals surface area contributed by atoms with Gasteiger partial charge in [-0.15, -0.1) is 0 Å². The number of nitrogens with zero attached hydrogens (tertiary/aromatic N) is 1. The summed E-state index contributed by atoms with van der Waals surface area (Å²) in [5.74, 6) is -0.317. The second kappa shape index (κ2) is 5.88. The molecule has 4 rings (SSSR count). The van der Waals surface area contributed by atoms with Crippen molar-refractivity contribution in [3.8, 4) is 11.3 Å². The van der Waals surface area contributed by atoms with Gasteiger partial charge in [0.25, 0.3) is 5.78 Å². The lowest BCUT2D eigenvalue weighted by molar-refractivity contribution is 0.0812. The molecule has 3 aromatic rings. The molecule has 1 heterocycles. The lowest BCUT2D eigenvalue weighted by Gasteiger charge is -2.10. The summed E-state index contributed by atoms with van der Waals surface area (Å²) in [5, 5.41) is 0. The maximum Gasteiger partial charge on any atom is 0.255 e. The number of nitrogens with two attached hydrogens (primary N) is 1. The lowest BCUT2D eigenvalue weighted by atomic mass is 9.91. The number of Topliss-reactive ketones (excluding diaryl/α,β-unsaturated/α-hetero) is 2. The molecule has 1 aromatic heterocycles. The Hall–Kier alpha value is -3.21. The van der Waals surface area contributed by atoms with Gasteiger partial charge in [-0.2, -0.15) is 0 Å². The maximum absolute atomic E-state index is 11.8. The van der Waals surface area contributed by atoms with Crippen LogP contribution in [0.25, 0.3) is 11.3 Å². The first-order chi connectivity index (χ1) is 11.1. The summed E-state index contributed by atoms with van der Waals surface area (Å²) < 4.78 is 5.37. The molecule has 0 atom stereocenters. The molecule has 0 fully saturated rings. The molecule has 0 spiro atoms. The number of carbonyl (C=O) groups is 2. The molecular weight excluding hydrogens is 292 g/mol. The predicted octanol–water partition coefficient (Wildman–Crippen LogP) is 3.30. The highest BCUT2D eigenvalue weighted by Crippen LogP contribution is 2.33. The van der Waals surface area contributed by atoms with Crippen molar-refractivity contribution in [3.63, 3.8) is 0 Å². The Morgan fingerprint density at radius 3 is 2.09 bits per heavy atom. The van der Waals surface area contributed by atoms with Crippen LogP contribution in [-0.2, 0) is 0 Å². The highest BCUT2D eigenvalue weighted by molar-refractivity contribution is 6.52. The molecule has 0 saturated heterocycles. The van der Waals surface area contributed by atoms with Crippen LogP contribution in [-0.4, -0.2) is 16.6 Å². The fourth-order valence-electron chi connectivity index (χ4n) is 2.33. The van der Waals surface area contributed by atoms with Gasteiger partial charge in [0.05, 0.1) is 0 Å². The summed E-state index contributed by atoms with van der Waals surface area (Å²) in [6.45, 7) is 1.65. The van der Waals surface area contributed by atoms with Gasteiger partial charge < -0.3 is 10.2 Å². The van der Waals surface area contributed by atoms with E-state index in [9.17, 15) is 9.59 Å². The smallest absolute Gasteiger partial charge is 0.255 e. The number of hydrogen-bond donors (Lipinski definition) is 1. The van der Waals surface area contributed by atoms with E-state index >= 15 is 0 Å². The molecule has 0 aliphatic heterocycles. The summed E-state index contributed by atoms with van der Waals surface area (Å²) in [6, 6.07) is 16.4. The minimum Gasteiger partial charge on any atom is -0.440 e. The van der Waals surface area contributed by atoms with Crippen LogP contribution in [0.3, 0.4) is 0 Å². The van der Waals surface area contributed by atoms with Gasteiger partial charge in [-0.05, 0) is 12.1 Å². The third-order valence-corrected chi connectivity index (χ3v) is 3.37. The summed E-state index contributed by atoms with van der Waals surface area (Å²) in [6.07, 6.45) is 0. The predicted molar refractivity (Wildman–Crippen MR) is 86.2 cm³/mol. The van der Waals surface area contributed by atoms with Gasteiger partial charge in [-0.25, -0.2) is 4.98 Å². The van der Waals surface area contributed by atoms with Crippen molar-refractivity contribution in [3.05, 3.63) is 71.7 Å². The number of aryl methyl sites for hydroxylation is 1. The fourth-order valence-corrected chi connectivity index (χ4v) is 2.33. The van der Waals surface area contributed by atoms with Gasteiger partial charge in [0.2, 0.25) is 5.78 Å². The molecule has 0 amide bonds. The molecule has 1 aliphatic rings. The Bertz CT molecular complexity index is 882. The maximum atomic E-state index is 11.8. The Balaban J connectivity index is 0.000000188. The number of ketones is 2. The summed E-state index contributed by atoms with van der Waals surface area (Å²) in [4.78, 5) is 27.4.